The smallest absolute Gasteiger partial charge is 0.253 e. The molecule has 0 bridgehead atoms. The van der Waals surface area contributed by atoms with Crippen molar-refractivity contribution in [2.24, 2.45) is 5.92 Å². The fraction of sp³-hybridized carbons (Fsp3) is 0.423. The van der Waals surface area contributed by atoms with Crippen molar-refractivity contribution in [1.82, 2.24) is 15.5 Å². The lowest BCUT2D eigenvalue weighted by Gasteiger charge is -2.36. The van der Waals surface area contributed by atoms with E-state index in [0.29, 0.717) is 49.4 Å². The minimum Gasteiger partial charge on any atom is -0.497 e. The molecule has 2 aromatic carbocycles. The van der Waals surface area contributed by atoms with Gasteiger partial charge in [-0.15, -0.1) is 0 Å². The fourth-order valence-corrected chi connectivity index (χ4v) is 4.06. The molecule has 3 rings (SSSR count). The van der Waals surface area contributed by atoms with Crippen LogP contribution < -0.4 is 15.4 Å². The first-order valence-electron chi connectivity index (χ1n) is 11.5. The Hall–Kier alpha value is -3.35. The van der Waals surface area contributed by atoms with Crippen molar-refractivity contribution in [2.45, 2.75) is 39.2 Å². The van der Waals surface area contributed by atoms with E-state index < -0.39 is 6.04 Å². The van der Waals surface area contributed by atoms with Gasteiger partial charge in [-0.25, -0.2) is 0 Å². The third-order valence-corrected chi connectivity index (χ3v) is 6.05. The molecule has 1 aliphatic heterocycles. The van der Waals surface area contributed by atoms with Crippen molar-refractivity contribution in [3.05, 3.63) is 65.2 Å². The highest BCUT2D eigenvalue weighted by Gasteiger charge is 2.34. The van der Waals surface area contributed by atoms with Gasteiger partial charge < -0.3 is 20.3 Å². The maximum Gasteiger partial charge on any atom is 0.253 e. The standard InChI is InChI=1S/C26H33N3O4/c1-4-14-27-25(31)23(28-24(30)21-6-5-7-22(17-21)33-3)19-12-15-29(16-13-19)26(32)20-10-8-18(2)9-11-20/h5-11,17,19,23H,4,12-16H2,1-3H3,(H,27,31)(H,28,30). The van der Waals surface area contributed by atoms with Gasteiger partial charge in [0.05, 0.1) is 7.11 Å². The molecule has 7 heteroatoms. The summed E-state index contributed by atoms with van der Waals surface area (Å²) in [6.45, 7) is 5.62. The molecule has 2 aromatic rings. The van der Waals surface area contributed by atoms with Crippen molar-refractivity contribution in [2.75, 3.05) is 26.7 Å². The lowest BCUT2D eigenvalue weighted by molar-refractivity contribution is -0.124. The number of nitrogens with one attached hydrogen (secondary N) is 2. The quantitative estimate of drug-likeness (QED) is 0.645. The van der Waals surface area contributed by atoms with Gasteiger partial charge in [-0.2, -0.15) is 0 Å². The summed E-state index contributed by atoms with van der Waals surface area (Å²) in [5, 5.41) is 5.85. The minimum atomic E-state index is -0.660. The SMILES string of the molecule is CCCNC(=O)C(NC(=O)c1cccc(OC)c1)C1CCN(C(=O)c2ccc(C)cc2)CC1. The zero-order valence-corrected chi connectivity index (χ0v) is 19.6. The number of carbonyl (C=O) groups is 3. The van der Waals surface area contributed by atoms with Gasteiger partial charge in [-0.3, -0.25) is 14.4 Å². The molecule has 1 saturated heterocycles. The van der Waals surface area contributed by atoms with Gasteiger partial charge in [0, 0.05) is 30.8 Å². The second-order valence-electron chi connectivity index (χ2n) is 8.47. The normalized spacial score (nSPS) is 14.9. The molecule has 1 heterocycles. The largest absolute Gasteiger partial charge is 0.497 e. The highest BCUT2D eigenvalue weighted by atomic mass is 16.5. The first-order valence-corrected chi connectivity index (χ1v) is 11.5. The van der Waals surface area contributed by atoms with Crippen LogP contribution in [0, 0.1) is 12.8 Å². The number of hydrogen-bond acceptors (Lipinski definition) is 4. The monoisotopic (exact) mass is 451 g/mol. The highest BCUT2D eigenvalue weighted by molar-refractivity contribution is 5.98. The van der Waals surface area contributed by atoms with Crippen molar-refractivity contribution in [3.63, 3.8) is 0 Å². The summed E-state index contributed by atoms with van der Waals surface area (Å²) in [6.07, 6.45) is 2.09. The van der Waals surface area contributed by atoms with Gasteiger partial charge in [0.25, 0.3) is 11.8 Å². The third-order valence-electron chi connectivity index (χ3n) is 6.05. The zero-order valence-electron chi connectivity index (χ0n) is 19.6. The lowest BCUT2D eigenvalue weighted by atomic mass is 9.88. The van der Waals surface area contributed by atoms with Crippen LogP contribution in [0.4, 0.5) is 0 Å². The van der Waals surface area contributed by atoms with Crippen LogP contribution in [0.2, 0.25) is 0 Å². The molecular weight excluding hydrogens is 418 g/mol. The van der Waals surface area contributed by atoms with Crippen molar-refractivity contribution in [3.8, 4) is 5.75 Å². The lowest BCUT2D eigenvalue weighted by Crippen LogP contribution is -2.54. The number of amides is 3. The summed E-state index contributed by atoms with van der Waals surface area (Å²) in [4.78, 5) is 40.5. The van der Waals surface area contributed by atoms with E-state index in [2.05, 4.69) is 10.6 Å². The van der Waals surface area contributed by atoms with E-state index >= 15 is 0 Å². The first-order chi connectivity index (χ1) is 15.9. The minimum absolute atomic E-state index is 0.000788. The predicted octanol–water partition coefficient (Wildman–Crippen LogP) is 3.18. The average molecular weight is 452 g/mol. The molecule has 0 aliphatic carbocycles. The number of methoxy groups -OCH3 is 1. The van der Waals surface area contributed by atoms with Gasteiger partial charge in [0.1, 0.15) is 11.8 Å². The maximum absolute atomic E-state index is 12.9. The molecule has 0 saturated carbocycles. The second-order valence-corrected chi connectivity index (χ2v) is 8.47. The van der Waals surface area contributed by atoms with Crippen LogP contribution in [-0.2, 0) is 4.79 Å². The van der Waals surface area contributed by atoms with E-state index in [1.807, 2.05) is 43.0 Å². The van der Waals surface area contributed by atoms with E-state index in [1.54, 1.807) is 31.4 Å². The third kappa shape index (κ3) is 6.34. The Kier molecular flexibility index (Phi) is 8.46. The second kappa shape index (κ2) is 11.5. The molecular formula is C26H33N3O4. The molecule has 3 amide bonds. The Morgan fingerprint density at radius 2 is 1.76 bits per heavy atom. The van der Waals surface area contributed by atoms with E-state index in [0.717, 1.165) is 12.0 Å². The Morgan fingerprint density at radius 3 is 2.39 bits per heavy atom. The topological polar surface area (TPSA) is 87.7 Å². The predicted molar refractivity (Wildman–Crippen MR) is 127 cm³/mol. The van der Waals surface area contributed by atoms with Gasteiger partial charge in [0.15, 0.2) is 0 Å². The Balaban J connectivity index is 1.68. The number of piperidine rings is 1. The number of rotatable bonds is 8. The van der Waals surface area contributed by atoms with Gasteiger partial charge in [0.2, 0.25) is 5.91 Å². The first kappa shape index (κ1) is 24.3. The number of benzene rings is 2. The van der Waals surface area contributed by atoms with E-state index in [4.69, 9.17) is 4.74 Å². The molecule has 7 nitrogen and oxygen atoms in total. The molecule has 1 fully saturated rings. The number of nitrogens with zero attached hydrogens (tertiary/aromatic N) is 1. The van der Waals surface area contributed by atoms with Crippen LogP contribution in [0.25, 0.3) is 0 Å². The summed E-state index contributed by atoms with van der Waals surface area (Å²) < 4.78 is 5.21. The van der Waals surface area contributed by atoms with Crippen molar-refractivity contribution >= 4 is 17.7 Å². The number of aryl methyl sites for hydroxylation is 1. The molecule has 1 aliphatic rings. The Morgan fingerprint density at radius 1 is 1.06 bits per heavy atom. The Bertz CT molecular complexity index is 966. The van der Waals surface area contributed by atoms with Crippen LogP contribution in [0.3, 0.4) is 0 Å². The van der Waals surface area contributed by atoms with E-state index in [-0.39, 0.29) is 23.6 Å². The van der Waals surface area contributed by atoms with Crippen molar-refractivity contribution < 1.29 is 19.1 Å². The summed E-state index contributed by atoms with van der Waals surface area (Å²) in [7, 11) is 1.55. The van der Waals surface area contributed by atoms with Crippen LogP contribution in [0.15, 0.2) is 48.5 Å². The zero-order chi connectivity index (χ0) is 23.8. The van der Waals surface area contributed by atoms with Crippen LogP contribution in [0.5, 0.6) is 5.75 Å². The summed E-state index contributed by atoms with van der Waals surface area (Å²) >= 11 is 0. The molecule has 2 N–H and O–H groups in total. The van der Waals surface area contributed by atoms with E-state index in [9.17, 15) is 14.4 Å². The summed E-state index contributed by atoms with van der Waals surface area (Å²) in [5.41, 5.74) is 2.22. The summed E-state index contributed by atoms with van der Waals surface area (Å²) in [5.74, 6) is 0.0250. The number of likely N-dealkylation sites (tertiary alicyclic amines) is 1. The van der Waals surface area contributed by atoms with Crippen molar-refractivity contribution in [1.29, 1.82) is 0 Å². The fourth-order valence-electron chi connectivity index (χ4n) is 4.06. The van der Waals surface area contributed by atoms with Crippen LogP contribution in [0.1, 0.15) is 52.5 Å². The number of ether oxygens (including phenoxy) is 1. The van der Waals surface area contributed by atoms with E-state index in [1.165, 1.54) is 0 Å². The van der Waals surface area contributed by atoms with Gasteiger partial charge >= 0.3 is 0 Å². The molecule has 0 aromatic heterocycles. The van der Waals surface area contributed by atoms with Crippen LogP contribution in [-0.4, -0.2) is 55.4 Å². The average Bonchev–Trinajstić information content (AvgIpc) is 2.86. The number of hydrogen-bond donors (Lipinski definition) is 2. The molecule has 176 valence electrons. The molecule has 1 atom stereocenters. The van der Waals surface area contributed by atoms with Crippen LogP contribution >= 0.6 is 0 Å². The maximum atomic E-state index is 12.9. The Labute approximate surface area is 195 Å². The molecule has 0 spiro atoms. The highest BCUT2D eigenvalue weighted by Crippen LogP contribution is 2.23. The summed E-state index contributed by atoms with van der Waals surface area (Å²) in [6, 6.07) is 13.8. The number of carbonyl (C=O) groups excluding carboxylic acids is 3. The van der Waals surface area contributed by atoms with Gasteiger partial charge in [-0.1, -0.05) is 30.7 Å². The molecule has 0 radical (unpaired) electrons. The van der Waals surface area contributed by atoms with Gasteiger partial charge in [-0.05, 0) is 62.4 Å². The molecule has 33 heavy (non-hydrogen) atoms. The molecule has 1 unspecified atom stereocenters.